The molecule has 1 atom stereocenters. The van der Waals surface area contributed by atoms with E-state index in [2.05, 4.69) is 24.4 Å². The van der Waals surface area contributed by atoms with E-state index in [0.29, 0.717) is 6.04 Å². The van der Waals surface area contributed by atoms with Crippen molar-refractivity contribution in [3.05, 3.63) is 35.2 Å². The van der Waals surface area contributed by atoms with Crippen LogP contribution in [0.4, 0.5) is 0 Å². The molecular weight excluding hydrogens is 280 g/mol. The van der Waals surface area contributed by atoms with Crippen molar-refractivity contribution in [2.75, 3.05) is 19.6 Å². The molecule has 2 heterocycles. The van der Waals surface area contributed by atoms with Crippen LogP contribution in [0.25, 0.3) is 10.1 Å². The van der Waals surface area contributed by atoms with Gasteiger partial charge in [0, 0.05) is 30.4 Å². The van der Waals surface area contributed by atoms with Crippen molar-refractivity contribution >= 4 is 39.7 Å². The molecule has 1 amide bonds. The fourth-order valence-corrected chi connectivity index (χ4v) is 3.39. The number of hydrogen-bond donors (Lipinski definition) is 1. The van der Waals surface area contributed by atoms with E-state index < -0.39 is 0 Å². The number of halogens is 1. The Morgan fingerprint density at radius 1 is 1.42 bits per heavy atom. The van der Waals surface area contributed by atoms with Gasteiger partial charge in [0.1, 0.15) is 0 Å². The minimum absolute atomic E-state index is 0. The Balaban J connectivity index is 0.00000133. The van der Waals surface area contributed by atoms with Crippen molar-refractivity contribution in [3.63, 3.8) is 0 Å². The number of carbonyl (C=O) groups excluding carboxylic acids is 1. The Hall–Kier alpha value is -1.10. The highest BCUT2D eigenvalue weighted by Crippen LogP contribution is 2.26. The lowest BCUT2D eigenvalue weighted by molar-refractivity contribution is 0.0714. The summed E-state index contributed by atoms with van der Waals surface area (Å²) in [6.45, 7) is 4.60. The predicted octanol–water partition coefficient (Wildman–Crippen LogP) is 2.76. The summed E-state index contributed by atoms with van der Waals surface area (Å²) in [6.07, 6.45) is 0. The molecule has 1 aliphatic rings. The molecular formula is C14H17ClN2OS. The first-order valence-electron chi connectivity index (χ1n) is 6.25. The number of hydrogen-bond acceptors (Lipinski definition) is 3. The second-order valence-electron chi connectivity index (χ2n) is 4.75. The number of fused-ring (bicyclic) bond motifs is 1. The van der Waals surface area contributed by atoms with Gasteiger partial charge >= 0.3 is 0 Å². The molecule has 0 spiro atoms. The Morgan fingerprint density at radius 2 is 2.21 bits per heavy atom. The number of benzene rings is 1. The van der Waals surface area contributed by atoms with Crippen LogP contribution in [-0.4, -0.2) is 36.5 Å². The highest BCUT2D eigenvalue weighted by molar-refractivity contribution is 7.20. The third-order valence-corrected chi connectivity index (χ3v) is 4.40. The molecule has 0 aliphatic carbocycles. The SMILES string of the molecule is CC1CN(C(=O)c2cc3ccccc3s2)CCN1.Cl. The Bertz CT molecular complexity index is 551. The molecule has 19 heavy (non-hydrogen) atoms. The molecule has 5 heteroatoms. The lowest BCUT2D eigenvalue weighted by Gasteiger charge is -2.31. The quantitative estimate of drug-likeness (QED) is 0.877. The molecule has 0 saturated carbocycles. The standard InChI is InChI=1S/C14H16N2OS.ClH/c1-10-9-16(7-6-15-10)14(17)13-8-11-4-2-3-5-12(11)18-13;/h2-5,8,10,15H,6-7,9H2,1H3;1H. The highest BCUT2D eigenvalue weighted by atomic mass is 35.5. The molecule has 1 unspecified atom stereocenters. The average Bonchev–Trinajstić information content (AvgIpc) is 2.81. The Kier molecular flexibility index (Phi) is 4.45. The van der Waals surface area contributed by atoms with E-state index in [1.54, 1.807) is 11.3 Å². The minimum Gasteiger partial charge on any atom is -0.335 e. The largest absolute Gasteiger partial charge is 0.335 e. The van der Waals surface area contributed by atoms with Crippen molar-refractivity contribution < 1.29 is 4.79 Å². The number of amides is 1. The van der Waals surface area contributed by atoms with Crippen molar-refractivity contribution in [1.82, 2.24) is 10.2 Å². The van der Waals surface area contributed by atoms with Gasteiger partial charge in [-0.3, -0.25) is 4.79 Å². The van der Waals surface area contributed by atoms with Crippen LogP contribution < -0.4 is 5.32 Å². The Morgan fingerprint density at radius 3 is 2.95 bits per heavy atom. The molecule has 1 aliphatic heterocycles. The van der Waals surface area contributed by atoms with E-state index in [4.69, 9.17) is 0 Å². The molecule has 1 saturated heterocycles. The summed E-state index contributed by atoms with van der Waals surface area (Å²) < 4.78 is 1.18. The first kappa shape index (κ1) is 14.3. The van der Waals surface area contributed by atoms with Crippen molar-refractivity contribution in [2.24, 2.45) is 0 Å². The van der Waals surface area contributed by atoms with Gasteiger partial charge in [-0.15, -0.1) is 23.7 Å². The summed E-state index contributed by atoms with van der Waals surface area (Å²) in [5, 5.41) is 4.52. The normalized spacial score (nSPS) is 19.2. The van der Waals surface area contributed by atoms with Crippen LogP contribution in [0.5, 0.6) is 0 Å². The second kappa shape index (κ2) is 5.90. The lowest BCUT2D eigenvalue weighted by atomic mass is 10.2. The van der Waals surface area contributed by atoms with Gasteiger partial charge in [0.25, 0.3) is 5.91 Å². The van der Waals surface area contributed by atoms with E-state index in [-0.39, 0.29) is 18.3 Å². The third-order valence-electron chi connectivity index (χ3n) is 3.29. The number of carbonyl (C=O) groups is 1. The summed E-state index contributed by atoms with van der Waals surface area (Å²) >= 11 is 1.59. The fourth-order valence-electron chi connectivity index (χ4n) is 2.36. The van der Waals surface area contributed by atoms with E-state index in [1.165, 1.54) is 4.70 Å². The molecule has 1 aromatic carbocycles. The second-order valence-corrected chi connectivity index (χ2v) is 5.84. The van der Waals surface area contributed by atoms with Gasteiger partial charge < -0.3 is 10.2 Å². The number of thiophene rings is 1. The van der Waals surface area contributed by atoms with E-state index in [9.17, 15) is 4.79 Å². The molecule has 3 nitrogen and oxygen atoms in total. The van der Waals surface area contributed by atoms with Crippen LogP contribution in [-0.2, 0) is 0 Å². The average molecular weight is 297 g/mol. The summed E-state index contributed by atoms with van der Waals surface area (Å²) in [5.74, 6) is 0.171. The van der Waals surface area contributed by atoms with Crippen LogP contribution in [0.15, 0.2) is 30.3 Å². The van der Waals surface area contributed by atoms with E-state index >= 15 is 0 Å². The minimum atomic E-state index is 0. The van der Waals surface area contributed by atoms with Gasteiger partial charge in [-0.2, -0.15) is 0 Å². The molecule has 1 aromatic heterocycles. The zero-order chi connectivity index (χ0) is 12.5. The molecule has 0 radical (unpaired) electrons. The predicted molar refractivity (Wildman–Crippen MR) is 82.4 cm³/mol. The van der Waals surface area contributed by atoms with Crippen LogP contribution in [0, 0.1) is 0 Å². The summed E-state index contributed by atoms with van der Waals surface area (Å²) in [7, 11) is 0. The fraction of sp³-hybridized carbons (Fsp3) is 0.357. The van der Waals surface area contributed by atoms with Gasteiger partial charge in [-0.25, -0.2) is 0 Å². The highest BCUT2D eigenvalue weighted by Gasteiger charge is 2.22. The Labute approximate surface area is 123 Å². The van der Waals surface area contributed by atoms with Crippen molar-refractivity contribution in [3.8, 4) is 0 Å². The third kappa shape index (κ3) is 2.91. The summed E-state index contributed by atoms with van der Waals surface area (Å²) in [4.78, 5) is 15.2. The van der Waals surface area contributed by atoms with E-state index in [0.717, 1.165) is 29.9 Å². The van der Waals surface area contributed by atoms with Crippen molar-refractivity contribution in [2.45, 2.75) is 13.0 Å². The first-order valence-corrected chi connectivity index (χ1v) is 7.07. The number of nitrogens with zero attached hydrogens (tertiary/aromatic N) is 1. The molecule has 1 fully saturated rings. The maximum Gasteiger partial charge on any atom is 0.264 e. The van der Waals surface area contributed by atoms with Gasteiger partial charge in [-0.1, -0.05) is 18.2 Å². The zero-order valence-corrected chi connectivity index (χ0v) is 12.4. The number of nitrogens with one attached hydrogen (secondary N) is 1. The molecule has 1 N–H and O–H groups in total. The molecule has 0 bridgehead atoms. The monoisotopic (exact) mass is 296 g/mol. The van der Waals surface area contributed by atoms with Crippen LogP contribution >= 0.6 is 23.7 Å². The van der Waals surface area contributed by atoms with Gasteiger partial charge in [0.2, 0.25) is 0 Å². The smallest absolute Gasteiger partial charge is 0.264 e. The van der Waals surface area contributed by atoms with Crippen LogP contribution in [0.1, 0.15) is 16.6 Å². The van der Waals surface area contributed by atoms with Gasteiger partial charge in [-0.05, 0) is 24.4 Å². The molecule has 2 aromatic rings. The first-order chi connectivity index (χ1) is 8.74. The summed E-state index contributed by atoms with van der Waals surface area (Å²) in [6, 6.07) is 10.5. The van der Waals surface area contributed by atoms with Gasteiger partial charge in [0.05, 0.1) is 4.88 Å². The van der Waals surface area contributed by atoms with E-state index in [1.807, 2.05) is 23.1 Å². The number of piperazine rings is 1. The molecule has 3 rings (SSSR count). The summed E-state index contributed by atoms with van der Waals surface area (Å²) in [5.41, 5.74) is 0. The number of rotatable bonds is 1. The van der Waals surface area contributed by atoms with Crippen LogP contribution in [0.3, 0.4) is 0 Å². The zero-order valence-electron chi connectivity index (χ0n) is 10.8. The van der Waals surface area contributed by atoms with Crippen molar-refractivity contribution in [1.29, 1.82) is 0 Å². The van der Waals surface area contributed by atoms with Gasteiger partial charge in [0.15, 0.2) is 0 Å². The topological polar surface area (TPSA) is 32.3 Å². The lowest BCUT2D eigenvalue weighted by Crippen LogP contribution is -2.51. The van der Waals surface area contributed by atoms with Crippen LogP contribution in [0.2, 0.25) is 0 Å². The maximum absolute atomic E-state index is 12.4. The maximum atomic E-state index is 12.4. The molecule has 102 valence electrons.